The van der Waals surface area contributed by atoms with Crippen molar-refractivity contribution in [1.82, 2.24) is 0 Å². The lowest BCUT2D eigenvalue weighted by atomic mass is 10.1. The van der Waals surface area contributed by atoms with Crippen LogP contribution in [0.25, 0.3) is 0 Å². The molecule has 0 aromatic heterocycles. The second-order valence-electron chi connectivity index (χ2n) is 4.86. The lowest BCUT2D eigenvalue weighted by Crippen LogP contribution is -2.26. The van der Waals surface area contributed by atoms with Gasteiger partial charge in [0.15, 0.2) is 9.84 Å². The van der Waals surface area contributed by atoms with Gasteiger partial charge in [-0.1, -0.05) is 36.4 Å². The van der Waals surface area contributed by atoms with Crippen molar-refractivity contribution in [2.75, 3.05) is 0 Å². The normalized spacial score (nSPS) is 21.7. The smallest absolute Gasteiger partial charge is 0.187 e. The fourth-order valence-corrected chi connectivity index (χ4v) is 4.47. The van der Waals surface area contributed by atoms with E-state index in [4.69, 9.17) is 0 Å². The molecule has 3 rings (SSSR count). The van der Waals surface area contributed by atoms with Crippen molar-refractivity contribution in [3.05, 3.63) is 65.5 Å². The Morgan fingerprint density at radius 3 is 2.40 bits per heavy atom. The molecule has 0 amide bonds. The molecule has 0 radical (unpaired) electrons. The van der Waals surface area contributed by atoms with E-state index in [1.54, 1.807) is 24.3 Å². The molecule has 0 spiro atoms. The molecule has 0 aliphatic heterocycles. The molecule has 2 unspecified atom stereocenters. The summed E-state index contributed by atoms with van der Waals surface area (Å²) >= 11 is 0. The lowest BCUT2D eigenvalue weighted by Gasteiger charge is -2.16. The summed E-state index contributed by atoms with van der Waals surface area (Å²) in [5, 5.41) is 9.20. The zero-order valence-corrected chi connectivity index (χ0v) is 11.3. The highest BCUT2D eigenvalue weighted by Gasteiger charge is 2.41. The molecule has 0 saturated heterocycles. The molecule has 0 saturated carbocycles. The van der Waals surface area contributed by atoms with E-state index in [0.717, 1.165) is 11.6 Å². The minimum Gasteiger partial charge on any atom is -0.387 e. The van der Waals surface area contributed by atoms with E-state index < -0.39 is 27.0 Å². The molecule has 2 atom stereocenters. The average Bonchev–Trinajstić information content (AvgIpc) is 2.78. The fourth-order valence-electron chi connectivity index (χ4n) is 2.66. The van der Waals surface area contributed by atoms with Gasteiger partial charge in [-0.25, -0.2) is 12.8 Å². The average molecular weight is 292 g/mol. The maximum absolute atomic E-state index is 13.7. The van der Waals surface area contributed by atoms with Crippen LogP contribution in [-0.2, 0) is 16.3 Å². The monoisotopic (exact) mass is 292 g/mol. The zero-order chi connectivity index (χ0) is 14.3. The van der Waals surface area contributed by atoms with Crippen LogP contribution in [0.5, 0.6) is 0 Å². The van der Waals surface area contributed by atoms with Crippen LogP contribution >= 0.6 is 0 Å². The number of aliphatic hydroxyl groups is 1. The molecule has 1 aliphatic carbocycles. The molecule has 3 nitrogen and oxygen atoms in total. The van der Waals surface area contributed by atoms with Crippen molar-refractivity contribution in [2.45, 2.75) is 22.7 Å². The van der Waals surface area contributed by atoms with Gasteiger partial charge in [-0.3, -0.25) is 0 Å². The Morgan fingerprint density at radius 2 is 1.70 bits per heavy atom. The molecule has 104 valence electrons. The van der Waals surface area contributed by atoms with E-state index in [0.29, 0.717) is 5.56 Å². The van der Waals surface area contributed by atoms with Crippen LogP contribution in [-0.4, -0.2) is 18.8 Å². The van der Waals surface area contributed by atoms with Crippen LogP contribution in [0.3, 0.4) is 0 Å². The van der Waals surface area contributed by atoms with E-state index in [1.165, 1.54) is 18.2 Å². The maximum Gasteiger partial charge on any atom is 0.187 e. The van der Waals surface area contributed by atoms with Crippen LogP contribution in [0.2, 0.25) is 0 Å². The summed E-state index contributed by atoms with van der Waals surface area (Å²) in [5.41, 5.74) is 1.40. The maximum atomic E-state index is 13.7. The summed E-state index contributed by atoms with van der Waals surface area (Å²) in [7, 11) is -3.91. The first kappa shape index (κ1) is 13.3. The highest BCUT2D eigenvalue weighted by molar-refractivity contribution is 7.92. The van der Waals surface area contributed by atoms with Crippen molar-refractivity contribution in [3.63, 3.8) is 0 Å². The Labute approximate surface area is 116 Å². The summed E-state index contributed by atoms with van der Waals surface area (Å²) in [6.45, 7) is 0. The lowest BCUT2D eigenvalue weighted by molar-refractivity contribution is 0.182. The molecular weight excluding hydrogens is 279 g/mol. The molecular formula is C15H13FO3S. The van der Waals surface area contributed by atoms with Gasteiger partial charge in [0.1, 0.15) is 16.0 Å². The molecule has 0 fully saturated rings. The Balaban J connectivity index is 2.05. The van der Waals surface area contributed by atoms with Crippen molar-refractivity contribution in [3.8, 4) is 0 Å². The molecule has 5 heteroatoms. The van der Waals surface area contributed by atoms with E-state index >= 15 is 0 Å². The van der Waals surface area contributed by atoms with Gasteiger partial charge in [-0.2, -0.15) is 0 Å². The van der Waals surface area contributed by atoms with Gasteiger partial charge in [0.05, 0.1) is 6.10 Å². The van der Waals surface area contributed by atoms with Gasteiger partial charge < -0.3 is 5.11 Å². The SMILES string of the molecule is O=S(=O)(c1ccccc1F)C1Cc2ccccc2C1O. The van der Waals surface area contributed by atoms with Gasteiger partial charge >= 0.3 is 0 Å². The highest BCUT2D eigenvalue weighted by Crippen LogP contribution is 2.38. The van der Waals surface area contributed by atoms with Gasteiger partial charge in [0, 0.05) is 0 Å². The quantitative estimate of drug-likeness (QED) is 0.923. The Hall–Kier alpha value is -1.72. The molecule has 20 heavy (non-hydrogen) atoms. The Morgan fingerprint density at radius 1 is 1.05 bits per heavy atom. The van der Waals surface area contributed by atoms with Gasteiger partial charge in [-0.15, -0.1) is 0 Å². The summed E-state index contributed by atoms with van der Waals surface area (Å²) < 4.78 is 38.8. The van der Waals surface area contributed by atoms with Crippen LogP contribution in [0, 0.1) is 5.82 Å². The predicted octanol–water partition coefficient (Wildman–Crippen LogP) is 2.26. The molecule has 2 aromatic carbocycles. The number of fused-ring (bicyclic) bond motifs is 1. The molecule has 0 heterocycles. The fraction of sp³-hybridized carbons (Fsp3) is 0.200. The van der Waals surface area contributed by atoms with E-state index in [2.05, 4.69) is 0 Å². The van der Waals surface area contributed by atoms with Crippen molar-refractivity contribution >= 4 is 9.84 Å². The number of benzene rings is 2. The van der Waals surface area contributed by atoms with Crippen LogP contribution in [0.15, 0.2) is 53.4 Å². The number of hydrogen-bond acceptors (Lipinski definition) is 3. The first-order valence-electron chi connectivity index (χ1n) is 6.26. The van der Waals surface area contributed by atoms with E-state index in [-0.39, 0.29) is 11.3 Å². The topological polar surface area (TPSA) is 54.4 Å². The Kier molecular flexibility index (Phi) is 3.11. The number of halogens is 1. The second-order valence-corrected chi connectivity index (χ2v) is 7.00. The standard InChI is InChI=1S/C15H13FO3S/c16-12-7-3-4-8-13(12)20(18,19)14-9-10-5-1-2-6-11(10)15(14)17/h1-8,14-15,17H,9H2. The first-order valence-corrected chi connectivity index (χ1v) is 7.81. The number of rotatable bonds is 2. The number of hydrogen-bond donors (Lipinski definition) is 1. The zero-order valence-electron chi connectivity index (χ0n) is 10.5. The van der Waals surface area contributed by atoms with Crippen LogP contribution in [0.1, 0.15) is 17.2 Å². The summed E-state index contributed by atoms with van der Waals surface area (Å²) in [5.74, 6) is -0.782. The van der Waals surface area contributed by atoms with E-state index in [1.807, 2.05) is 0 Å². The van der Waals surface area contributed by atoms with Crippen molar-refractivity contribution < 1.29 is 17.9 Å². The number of sulfone groups is 1. The third-order valence-electron chi connectivity index (χ3n) is 3.69. The molecule has 0 bridgehead atoms. The van der Waals surface area contributed by atoms with Crippen molar-refractivity contribution in [2.24, 2.45) is 0 Å². The predicted molar refractivity (Wildman–Crippen MR) is 72.5 cm³/mol. The number of aliphatic hydroxyl groups excluding tert-OH is 1. The van der Waals surface area contributed by atoms with Gasteiger partial charge in [0.25, 0.3) is 0 Å². The summed E-state index contributed by atoms with van der Waals surface area (Å²) in [6, 6.07) is 12.3. The van der Waals surface area contributed by atoms with E-state index in [9.17, 15) is 17.9 Å². The van der Waals surface area contributed by atoms with Crippen LogP contribution in [0.4, 0.5) is 4.39 Å². The highest BCUT2D eigenvalue weighted by atomic mass is 32.2. The summed E-state index contributed by atoms with van der Waals surface area (Å²) in [4.78, 5) is -0.350. The first-order chi connectivity index (χ1) is 9.51. The minimum absolute atomic E-state index is 0.202. The van der Waals surface area contributed by atoms with Gasteiger partial charge in [0.2, 0.25) is 0 Å². The molecule has 1 N–H and O–H groups in total. The molecule has 2 aromatic rings. The third-order valence-corrected chi connectivity index (χ3v) is 5.85. The molecule has 1 aliphatic rings. The van der Waals surface area contributed by atoms with Gasteiger partial charge in [-0.05, 0) is 29.7 Å². The van der Waals surface area contributed by atoms with Crippen LogP contribution < -0.4 is 0 Å². The third kappa shape index (κ3) is 1.94. The minimum atomic E-state index is -3.91. The largest absolute Gasteiger partial charge is 0.387 e. The Bertz CT molecular complexity index is 755. The second kappa shape index (κ2) is 4.68. The van der Waals surface area contributed by atoms with Crippen molar-refractivity contribution in [1.29, 1.82) is 0 Å². The summed E-state index contributed by atoms with van der Waals surface area (Å²) in [6.07, 6.45) is -0.913.